The molecule has 7 heteroatoms. The van der Waals surface area contributed by atoms with E-state index >= 15 is 0 Å². The number of ether oxygens (including phenoxy) is 2. The molecule has 3 aliphatic heterocycles. The Balaban J connectivity index is 1.28. The molecule has 0 saturated carbocycles. The number of amides is 1. The number of aryl methyl sites for hydroxylation is 1. The van der Waals surface area contributed by atoms with Gasteiger partial charge in [-0.15, -0.1) is 0 Å². The van der Waals surface area contributed by atoms with Crippen molar-refractivity contribution in [1.82, 2.24) is 4.90 Å². The van der Waals surface area contributed by atoms with E-state index in [4.69, 9.17) is 9.47 Å². The largest absolute Gasteiger partial charge is 0.484 e. The molecule has 1 amide bonds. The van der Waals surface area contributed by atoms with E-state index in [0.717, 1.165) is 38.2 Å². The highest BCUT2D eigenvalue weighted by molar-refractivity contribution is 5.89. The van der Waals surface area contributed by atoms with Gasteiger partial charge in [-0.05, 0) is 62.4 Å². The summed E-state index contributed by atoms with van der Waals surface area (Å²) in [6.07, 6.45) is 6.57. The van der Waals surface area contributed by atoms with Crippen molar-refractivity contribution in [3.63, 3.8) is 0 Å². The molecule has 4 rings (SSSR count). The first kappa shape index (κ1) is 19.9. The Kier molecular flexibility index (Phi) is 5.85. The molecule has 2 fully saturated rings. The van der Waals surface area contributed by atoms with Crippen molar-refractivity contribution in [2.45, 2.75) is 32.3 Å². The zero-order chi connectivity index (χ0) is 20.4. The average Bonchev–Trinajstić information content (AvgIpc) is 3.10. The third-order valence-electron chi connectivity index (χ3n) is 6.24. The molecule has 3 aliphatic rings. The second-order valence-electron chi connectivity index (χ2n) is 8.12. The van der Waals surface area contributed by atoms with E-state index < -0.39 is 6.09 Å². The van der Waals surface area contributed by atoms with Gasteiger partial charge in [0.15, 0.2) is 5.90 Å². The van der Waals surface area contributed by atoms with Crippen LogP contribution >= 0.6 is 0 Å². The number of anilines is 1. The molecular formula is C22H28FN3O3. The van der Waals surface area contributed by atoms with Gasteiger partial charge in [0.1, 0.15) is 11.9 Å². The van der Waals surface area contributed by atoms with Gasteiger partial charge in [0, 0.05) is 19.2 Å². The Morgan fingerprint density at radius 1 is 1.31 bits per heavy atom. The fourth-order valence-corrected chi connectivity index (χ4v) is 4.45. The number of carbonyl (C=O) groups is 1. The van der Waals surface area contributed by atoms with E-state index in [1.165, 1.54) is 11.0 Å². The standard InChI is InChI=1S/C22H28FN3O3/c1-15-3-4-18(12-20(15)23)26-14-19(29-22(26)27)13-25-9-6-16(7-10-25)17-5-8-24-21(11-17)28-2/h3-5,8,12,16-17,19H,6-7,9-11,13-14H2,1-2H3/t17?,19-/m1/s1. The minimum atomic E-state index is -0.396. The van der Waals surface area contributed by atoms with E-state index in [1.54, 1.807) is 26.2 Å². The molecule has 2 atom stereocenters. The van der Waals surface area contributed by atoms with Crippen molar-refractivity contribution in [3.05, 3.63) is 41.9 Å². The van der Waals surface area contributed by atoms with Crippen LogP contribution in [0.5, 0.6) is 0 Å². The van der Waals surface area contributed by atoms with Crippen LogP contribution in [0.2, 0.25) is 0 Å². The van der Waals surface area contributed by atoms with Crippen molar-refractivity contribution in [1.29, 1.82) is 0 Å². The zero-order valence-corrected chi connectivity index (χ0v) is 17.0. The summed E-state index contributed by atoms with van der Waals surface area (Å²) in [6, 6.07) is 4.86. The first-order valence-corrected chi connectivity index (χ1v) is 10.3. The van der Waals surface area contributed by atoms with Crippen LogP contribution in [0.15, 0.2) is 35.5 Å². The molecule has 0 aromatic heterocycles. The number of rotatable bonds is 4. The van der Waals surface area contributed by atoms with E-state index in [1.807, 2.05) is 6.20 Å². The van der Waals surface area contributed by atoms with Gasteiger partial charge in [0.2, 0.25) is 0 Å². The summed E-state index contributed by atoms with van der Waals surface area (Å²) in [5, 5.41) is 0. The topological polar surface area (TPSA) is 54.4 Å². The number of halogens is 1. The number of hydrogen-bond donors (Lipinski definition) is 0. The molecule has 3 heterocycles. The predicted molar refractivity (Wildman–Crippen MR) is 110 cm³/mol. The zero-order valence-electron chi connectivity index (χ0n) is 17.0. The predicted octanol–water partition coefficient (Wildman–Crippen LogP) is 3.75. The number of aliphatic imine (C=N–C) groups is 1. The van der Waals surface area contributed by atoms with Gasteiger partial charge in [0.25, 0.3) is 0 Å². The lowest BCUT2D eigenvalue weighted by atomic mass is 9.81. The fourth-order valence-electron chi connectivity index (χ4n) is 4.45. The molecule has 1 unspecified atom stereocenters. The molecule has 0 bridgehead atoms. The summed E-state index contributed by atoms with van der Waals surface area (Å²) in [5.41, 5.74) is 1.12. The second kappa shape index (κ2) is 8.53. The van der Waals surface area contributed by atoms with Crippen molar-refractivity contribution in [3.8, 4) is 0 Å². The summed E-state index contributed by atoms with van der Waals surface area (Å²) in [4.78, 5) is 20.4. The normalized spacial score (nSPS) is 25.8. The molecule has 0 aliphatic carbocycles. The van der Waals surface area contributed by atoms with Gasteiger partial charge in [-0.25, -0.2) is 14.2 Å². The lowest BCUT2D eigenvalue weighted by Crippen LogP contribution is -2.41. The summed E-state index contributed by atoms with van der Waals surface area (Å²) < 4.78 is 24.7. The number of benzene rings is 1. The number of allylic oxidation sites excluding steroid dienone is 1. The lowest BCUT2D eigenvalue weighted by Gasteiger charge is -2.36. The second-order valence-corrected chi connectivity index (χ2v) is 8.12. The van der Waals surface area contributed by atoms with E-state index in [9.17, 15) is 9.18 Å². The number of nitrogens with zero attached hydrogens (tertiary/aromatic N) is 3. The third kappa shape index (κ3) is 4.45. The van der Waals surface area contributed by atoms with Crippen LogP contribution < -0.4 is 4.90 Å². The molecule has 6 nitrogen and oxygen atoms in total. The number of likely N-dealkylation sites (tertiary alicyclic amines) is 1. The molecule has 0 radical (unpaired) electrons. The molecule has 156 valence electrons. The number of hydrogen-bond acceptors (Lipinski definition) is 5. The number of piperidine rings is 1. The number of methoxy groups -OCH3 is 1. The molecule has 29 heavy (non-hydrogen) atoms. The SMILES string of the molecule is COC1=NC=CC(C2CCN(C[C@@H]3CN(c4ccc(C)c(F)c4)C(=O)O3)CC2)C1. The van der Waals surface area contributed by atoms with Gasteiger partial charge in [-0.3, -0.25) is 9.80 Å². The van der Waals surface area contributed by atoms with Crippen molar-refractivity contribution in [2.24, 2.45) is 16.8 Å². The number of cyclic esters (lactones) is 1. The molecular weight excluding hydrogens is 373 g/mol. The molecule has 0 N–H and O–H groups in total. The maximum absolute atomic E-state index is 13.9. The maximum Gasteiger partial charge on any atom is 0.414 e. The van der Waals surface area contributed by atoms with Gasteiger partial charge < -0.3 is 9.47 Å². The Labute approximate surface area is 171 Å². The van der Waals surface area contributed by atoms with Crippen LogP contribution in [0.25, 0.3) is 0 Å². The van der Waals surface area contributed by atoms with Crippen molar-refractivity contribution in [2.75, 3.05) is 38.2 Å². The monoisotopic (exact) mass is 401 g/mol. The van der Waals surface area contributed by atoms with Gasteiger partial charge in [-0.2, -0.15) is 0 Å². The van der Waals surface area contributed by atoms with Gasteiger partial charge in [0.05, 0.1) is 19.3 Å². The highest BCUT2D eigenvalue weighted by Gasteiger charge is 2.35. The van der Waals surface area contributed by atoms with Crippen LogP contribution in [-0.2, 0) is 9.47 Å². The van der Waals surface area contributed by atoms with E-state index in [2.05, 4.69) is 16.0 Å². The third-order valence-corrected chi connectivity index (χ3v) is 6.24. The number of carbonyl (C=O) groups excluding carboxylic acids is 1. The van der Waals surface area contributed by atoms with Crippen LogP contribution in [-0.4, -0.2) is 56.3 Å². The highest BCUT2D eigenvalue weighted by atomic mass is 19.1. The molecule has 0 spiro atoms. The van der Waals surface area contributed by atoms with E-state index in [0.29, 0.717) is 36.2 Å². The van der Waals surface area contributed by atoms with Crippen LogP contribution in [0.4, 0.5) is 14.9 Å². The Morgan fingerprint density at radius 2 is 2.10 bits per heavy atom. The quantitative estimate of drug-likeness (QED) is 0.771. The summed E-state index contributed by atoms with van der Waals surface area (Å²) in [7, 11) is 1.68. The van der Waals surface area contributed by atoms with Crippen LogP contribution in [0.3, 0.4) is 0 Å². The van der Waals surface area contributed by atoms with Crippen molar-refractivity contribution < 1.29 is 18.7 Å². The summed E-state index contributed by atoms with van der Waals surface area (Å²) in [5.74, 6) is 1.62. The highest BCUT2D eigenvalue weighted by Crippen LogP contribution is 2.31. The van der Waals surface area contributed by atoms with Crippen molar-refractivity contribution >= 4 is 17.7 Å². The molecule has 2 saturated heterocycles. The molecule has 1 aromatic rings. The summed E-state index contributed by atoms with van der Waals surface area (Å²) >= 11 is 0. The first-order chi connectivity index (χ1) is 14.0. The lowest BCUT2D eigenvalue weighted by molar-refractivity contribution is 0.0859. The Morgan fingerprint density at radius 3 is 2.83 bits per heavy atom. The average molecular weight is 401 g/mol. The Hall–Kier alpha value is -2.41. The minimum Gasteiger partial charge on any atom is -0.484 e. The fraction of sp³-hybridized carbons (Fsp3) is 0.545. The van der Waals surface area contributed by atoms with Crippen LogP contribution in [0.1, 0.15) is 24.8 Å². The van der Waals surface area contributed by atoms with Gasteiger partial charge >= 0.3 is 6.09 Å². The van der Waals surface area contributed by atoms with E-state index in [-0.39, 0.29) is 11.9 Å². The maximum atomic E-state index is 13.9. The van der Waals surface area contributed by atoms with Crippen LogP contribution in [0, 0.1) is 24.6 Å². The Bertz CT molecular complexity index is 818. The first-order valence-electron chi connectivity index (χ1n) is 10.3. The van der Waals surface area contributed by atoms with Gasteiger partial charge in [-0.1, -0.05) is 12.1 Å². The molecule has 1 aromatic carbocycles. The smallest absolute Gasteiger partial charge is 0.414 e. The summed E-state index contributed by atoms with van der Waals surface area (Å²) in [6.45, 7) is 4.86. The minimum absolute atomic E-state index is 0.190.